The Morgan fingerprint density at radius 1 is 1.44 bits per heavy atom. The summed E-state index contributed by atoms with van der Waals surface area (Å²) in [5.41, 5.74) is -0.955. The van der Waals surface area contributed by atoms with E-state index in [0.29, 0.717) is 18.8 Å². The molecule has 1 aliphatic heterocycles. The topological polar surface area (TPSA) is 86.7 Å². The van der Waals surface area contributed by atoms with Crippen LogP contribution in [0.15, 0.2) is 0 Å². The molecule has 0 aromatic rings. The molecule has 2 fully saturated rings. The van der Waals surface area contributed by atoms with E-state index in [0.717, 1.165) is 17.7 Å². The monoisotopic (exact) mass is 254 g/mol. The van der Waals surface area contributed by atoms with Crippen LogP contribution in [0.1, 0.15) is 32.6 Å². The maximum atomic E-state index is 11.5. The Hall–Kier alpha value is -1.59. The van der Waals surface area contributed by atoms with Gasteiger partial charge in [-0.15, -0.1) is 0 Å². The number of rotatable bonds is 3. The van der Waals surface area contributed by atoms with E-state index in [1.807, 2.05) is 0 Å². The molecule has 6 heteroatoms. The number of imide groups is 1. The van der Waals surface area contributed by atoms with Crippen LogP contribution in [0.3, 0.4) is 0 Å². The van der Waals surface area contributed by atoms with Gasteiger partial charge in [0.05, 0.1) is 12.0 Å². The van der Waals surface area contributed by atoms with Crippen molar-refractivity contribution in [2.24, 2.45) is 11.3 Å². The Morgan fingerprint density at radius 3 is 2.50 bits per heavy atom. The number of carboxylic acid groups (broad SMARTS) is 1. The second-order valence-corrected chi connectivity index (χ2v) is 5.41. The minimum atomic E-state index is -0.955. The number of urea groups is 1. The molecule has 1 saturated carbocycles. The molecule has 3 amide bonds. The Balaban J connectivity index is 2.14. The van der Waals surface area contributed by atoms with E-state index in [9.17, 15) is 19.5 Å². The quantitative estimate of drug-likeness (QED) is 0.730. The summed E-state index contributed by atoms with van der Waals surface area (Å²) in [6.45, 7) is 2.07. The number of hydrogen-bond acceptors (Lipinski definition) is 3. The molecule has 2 N–H and O–H groups in total. The SMILES string of the molecule is CC1CCC(CN2C(=O)CNC2=O)(C(=O)O)CC1. The molecule has 6 nitrogen and oxygen atoms in total. The van der Waals surface area contributed by atoms with Gasteiger partial charge in [-0.05, 0) is 31.6 Å². The third kappa shape index (κ3) is 2.19. The highest BCUT2D eigenvalue weighted by atomic mass is 16.4. The molecule has 0 aromatic heterocycles. The number of nitrogens with zero attached hydrogens (tertiary/aromatic N) is 1. The fourth-order valence-corrected chi connectivity index (χ4v) is 2.67. The first-order valence-electron chi connectivity index (χ1n) is 6.26. The van der Waals surface area contributed by atoms with Gasteiger partial charge in [-0.25, -0.2) is 4.79 Å². The van der Waals surface area contributed by atoms with Crippen molar-refractivity contribution in [2.45, 2.75) is 32.6 Å². The van der Waals surface area contributed by atoms with Crippen LogP contribution in [-0.4, -0.2) is 41.0 Å². The van der Waals surface area contributed by atoms with E-state index in [4.69, 9.17) is 0 Å². The maximum absolute atomic E-state index is 11.5. The van der Waals surface area contributed by atoms with Crippen molar-refractivity contribution in [3.8, 4) is 0 Å². The fourth-order valence-electron chi connectivity index (χ4n) is 2.67. The number of carboxylic acids is 1. The first-order valence-corrected chi connectivity index (χ1v) is 6.26. The molecular weight excluding hydrogens is 236 g/mol. The van der Waals surface area contributed by atoms with Gasteiger partial charge in [-0.1, -0.05) is 6.92 Å². The Labute approximate surface area is 105 Å². The lowest BCUT2D eigenvalue weighted by Gasteiger charge is -2.37. The summed E-state index contributed by atoms with van der Waals surface area (Å²) in [4.78, 5) is 35.6. The van der Waals surface area contributed by atoms with Crippen molar-refractivity contribution in [3.05, 3.63) is 0 Å². The summed E-state index contributed by atoms with van der Waals surface area (Å²) in [6.07, 6.45) is 2.72. The predicted molar refractivity (Wildman–Crippen MR) is 62.8 cm³/mol. The minimum Gasteiger partial charge on any atom is -0.481 e. The summed E-state index contributed by atoms with van der Waals surface area (Å²) in [5, 5.41) is 11.9. The van der Waals surface area contributed by atoms with Crippen LogP contribution in [-0.2, 0) is 9.59 Å². The standard InChI is InChI=1S/C12H18N2O4/c1-8-2-4-12(5-3-8,10(16)17)7-14-9(15)6-13-11(14)18/h8H,2-7H2,1H3,(H,13,18)(H,16,17). The van der Waals surface area contributed by atoms with Gasteiger partial charge in [-0.3, -0.25) is 14.5 Å². The number of nitrogens with one attached hydrogen (secondary N) is 1. The zero-order valence-electron chi connectivity index (χ0n) is 10.4. The molecule has 0 unspecified atom stereocenters. The molecule has 0 atom stereocenters. The largest absolute Gasteiger partial charge is 0.481 e. The molecule has 18 heavy (non-hydrogen) atoms. The average molecular weight is 254 g/mol. The zero-order valence-corrected chi connectivity index (χ0v) is 10.4. The minimum absolute atomic E-state index is 0.000278. The Bertz CT molecular complexity index is 370. The fraction of sp³-hybridized carbons (Fsp3) is 0.750. The van der Waals surface area contributed by atoms with Gasteiger partial charge in [0.25, 0.3) is 0 Å². The van der Waals surface area contributed by atoms with Crippen molar-refractivity contribution in [2.75, 3.05) is 13.1 Å². The Morgan fingerprint density at radius 2 is 2.06 bits per heavy atom. The van der Waals surface area contributed by atoms with Gasteiger partial charge in [-0.2, -0.15) is 0 Å². The highest BCUT2D eigenvalue weighted by Gasteiger charge is 2.45. The van der Waals surface area contributed by atoms with Gasteiger partial charge in [0, 0.05) is 6.54 Å². The summed E-state index contributed by atoms with van der Waals surface area (Å²) < 4.78 is 0. The number of amides is 3. The predicted octanol–water partition coefficient (Wildman–Crippen LogP) is 0.819. The van der Waals surface area contributed by atoms with E-state index >= 15 is 0 Å². The third-order valence-electron chi connectivity index (χ3n) is 4.08. The maximum Gasteiger partial charge on any atom is 0.324 e. The van der Waals surface area contributed by atoms with Gasteiger partial charge in [0.15, 0.2) is 0 Å². The van der Waals surface area contributed by atoms with Crippen molar-refractivity contribution in [1.82, 2.24) is 10.2 Å². The van der Waals surface area contributed by atoms with Crippen LogP contribution >= 0.6 is 0 Å². The smallest absolute Gasteiger partial charge is 0.324 e. The third-order valence-corrected chi connectivity index (χ3v) is 4.08. The van der Waals surface area contributed by atoms with E-state index in [1.165, 1.54) is 0 Å². The first kappa shape index (κ1) is 12.9. The van der Waals surface area contributed by atoms with Crippen LogP contribution in [0.2, 0.25) is 0 Å². The van der Waals surface area contributed by atoms with Gasteiger partial charge in [0.2, 0.25) is 5.91 Å². The molecule has 0 spiro atoms. The summed E-state index contributed by atoms with van der Waals surface area (Å²) in [7, 11) is 0. The van der Waals surface area contributed by atoms with E-state index < -0.39 is 17.4 Å². The van der Waals surface area contributed by atoms with E-state index in [2.05, 4.69) is 12.2 Å². The lowest BCUT2D eigenvalue weighted by Crippen LogP contribution is -2.47. The van der Waals surface area contributed by atoms with Crippen molar-refractivity contribution in [3.63, 3.8) is 0 Å². The molecular formula is C12H18N2O4. The number of carbonyl (C=O) groups excluding carboxylic acids is 2. The molecule has 0 aromatic carbocycles. The second-order valence-electron chi connectivity index (χ2n) is 5.41. The van der Waals surface area contributed by atoms with Crippen molar-refractivity contribution < 1.29 is 19.5 Å². The zero-order chi connectivity index (χ0) is 13.3. The molecule has 1 heterocycles. The van der Waals surface area contributed by atoms with Gasteiger partial charge < -0.3 is 10.4 Å². The van der Waals surface area contributed by atoms with Crippen molar-refractivity contribution in [1.29, 1.82) is 0 Å². The van der Waals surface area contributed by atoms with Crippen LogP contribution in [0, 0.1) is 11.3 Å². The normalized spacial score (nSPS) is 32.5. The van der Waals surface area contributed by atoms with Crippen LogP contribution < -0.4 is 5.32 Å². The summed E-state index contributed by atoms with van der Waals surface area (Å²) in [5.74, 6) is -0.721. The highest BCUT2D eigenvalue weighted by Crippen LogP contribution is 2.40. The molecule has 2 aliphatic rings. The van der Waals surface area contributed by atoms with Crippen LogP contribution in [0.25, 0.3) is 0 Å². The van der Waals surface area contributed by atoms with E-state index in [1.54, 1.807) is 0 Å². The highest BCUT2D eigenvalue weighted by molar-refractivity contribution is 6.02. The number of aliphatic carboxylic acids is 1. The Kier molecular flexibility index (Phi) is 3.28. The van der Waals surface area contributed by atoms with Crippen LogP contribution in [0.5, 0.6) is 0 Å². The lowest BCUT2D eigenvalue weighted by molar-refractivity contribution is -0.153. The number of carbonyl (C=O) groups is 3. The molecule has 1 aliphatic carbocycles. The lowest BCUT2D eigenvalue weighted by atomic mass is 9.70. The second kappa shape index (κ2) is 4.59. The van der Waals surface area contributed by atoms with E-state index in [-0.39, 0.29) is 19.0 Å². The average Bonchev–Trinajstić information content (AvgIpc) is 2.63. The van der Waals surface area contributed by atoms with Gasteiger partial charge in [0.1, 0.15) is 0 Å². The molecule has 2 rings (SSSR count). The summed E-state index contributed by atoms with van der Waals surface area (Å²) >= 11 is 0. The summed E-state index contributed by atoms with van der Waals surface area (Å²) in [6, 6.07) is -0.473. The van der Waals surface area contributed by atoms with Gasteiger partial charge >= 0.3 is 12.0 Å². The molecule has 0 bridgehead atoms. The van der Waals surface area contributed by atoms with Crippen molar-refractivity contribution >= 4 is 17.9 Å². The van der Waals surface area contributed by atoms with Crippen LogP contribution in [0.4, 0.5) is 4.79 Å². The molecule has 1 saturated heterocycles. The molecule has 100 valence electrons. The number of hydrogen-bond donors (Lipinski definition) is 2. The first-order chi connectivity index (χ1) is 8.44. The molecule has 0 radical (unpaired) electrons.